The maximum atomic E-state index is 9.16. The molecule has 100 valence electrons. The van der Waals surface area contributed by atoms with E-state index < -0.39 is 0 Å². The van der Waals surface area contributed by atoms with E-state index >= 15 is 0 Å². The summed E-state index contributed by atoms with van der Waals surface area (Å²) in [5.74, 6) is 1.82. The molecule has 1 fully saturated rings. The van der Waals surface area contributed by atoms with E-state index in [1.165, 1.54) is 0 Å². The van der Waals surface area contributed by atoms with Crippen molar-refractivity contribution in [1.82, 2.24) is 9.97 Å². The Balaban J connectivity index is 1.93. The summed E-state index contributed by atoms with van der Waals surface area (Å²) in [7, 11) is 0. The molecule has 2 aromatic rings. The first kappa shape index (κ1) is 13.3. The Morgan fingerprint density at radius 1 is 1.30 bits per heavy atom. The van der Waals surface area contributed by atoms with E-state index in [-0.39, 0.29) is 0 Å². The molecule has 1 aliphatic carbocycles. The van der Waals surface area contributed by atoms with Crippen molar-refractivity contribution in [2.75, 3.05) is 5.32 Å². The van der Waals surface area contributed by atoms with E-state index in [0.29, 0.717) is 28.1 Å². The zero-order valence-electron chi connectivity index (χ0n) is 10.4. The topological polar surface area (TPSA) is 61.6 Å². The average molecular weight is 350 g/mol. The number of benzene rings is 1. The van der Waals surface area contributed by atoms with E-state index in [2.05, 4.69) is 37.3 Å². The van der Waals surface area contributed by atoms with Crippen LogP contribution in [0.2, 0.25) is 5.15 Å². The molecule has 0 unspecified atom stereocenters. The Morgan fingerprint density at radius 3 is 2.80 bits per heavy atom. The van der Waals surface area contributed by atoms with Crippen LogP contribution in [-0.4, -0.2) is 9.97 Å². The summed E-state index contributed by atoms with van der Waals surface area (Å²) in [6.45, 7) is 0. The number of rotatable bonds is 3. The lowest BCUT2D eigenvalue weighted by Crippen LogP contribution is -2.00. The van der Waals surface area contributed by atoms with Gasteiger partial charge in [0.05, 0.1) is 11.3 Å². The Bertz CT molecular complexity index is 707. The maximum absolute atomic E-state index is 9.16. The number of halogens is 2. The van der Waals surface area contributed by atoms with Crippen LogP contribution in [0.25, 0.3) is 0 Å². The Morgan fingerprint density at radius 2 is 2.10 bits per heavy atom. The monoisotopic (exact) mass is 348 g/mol. The summed E-state index contributed by atoms with van der Waals surface area (Å²) in [4.78, 5) is 8.70. The molecular formula is C14H10BrClN4. The number of aromatic nitrogens is 2. The molecule has 0 radical (unpaired) electrons. The van der Waals surface area contributed by atoms with Crippen LogP contribution in [0.3, 0.4) is 0 Å². The molecular weight excluding hydrogens is 340 g/mol. The van der Waals surface area contributed by atoms with E-state index in [0.717, 1.165) is 23.1 Å². The molecule has 0 bridgehead atoms. The van der Waals surface area contributed by atoms with Crippen LogP contribution in [0.1, 0.15) is 30.1 Å². The number of nitrogens with zero attached hydrogens (tertiary/aromatic N) is 3. The molecule has 1 aliphatic rings. The van der Waals surface area contributed by atoms with Crippen molar-refractivity contribution in [3.8, 4) is 6.07 Å². The Hall–Kier alpha value is -1.64. The van der Waals surface area contributed by atoms with Crippen LogP contribution in [0.4, 0.5) is 11.5 Å². The molecule has 0 atom stereocenters. The largest absolute Gasteiger partial charge is 0.339 e. The molecule has 0 amide bonds. The van der Waals surface area contributed by atoms with Gasteiger partial charge in [-0.05, 0) is 31.0 Å². The first-order valence-electron chi connectivity index (χ1n) is 6.17. The molecule has 4 nitrogen and oxygen atoms in total. The minimum absolute atomic E-state index is 0.417. The van der Waals surface area contributed by atoms with Gasteiger partial charge in [0, 0.05) is 16.5 Å². The van der Waals surface area contributed by atoms with Gasteiger partial charge in [-0.15, -0.1) is 0 Å². The van der Waals surface area contributed by atoms with Crippen LogP contribution in [0.5, 0.6) is 0 Å². The fraction of sp³-hybridized carbons (Fsp3) is 0.214. The summed E-state index contributed by atoms with van der Waals surface area (Å²) in [6.07, 6.45) is 2.23. The SMILES string of the molecule is N#Cc1cc(Br)ccc1Nc1cc(Cl)nc(C2CC2)n1. The summed E-state index contributed by atoms with van der Waals surface area (Å²) in [5, 5.41) is 12.7. The highest BCUT2D eigenvalue weighted by Gasteiger charge is 2.27. The Kier molecular flexibility index (Phi) is 3.60. The first-order valence-corrected chi connectivity index (χ1v) is 7.34. The van der Waals surface area contributed by atoms with Gasteiger partial charge in [0.2, 0.25) is 0 Å². The number of hydrogen-bond donors (Lipinski definition) is 1. The molecule has 1 saturated carbocycles. The lowest BCUT2D eigenvalue weighted by molar-refractivity contribution is 0.930. The molecule has 6 heteroatoms. The van der Waals surface area contributed by atoms with Gasteiger partial charge in [-0.2, -0.15) is 5.26 Å². The Labute approximate surface area is 129 Å². The molecule has 0 spiro atoms. The molecule has 1 aromatic carbocycles. The highest BCUT2D eigenvalue weighted by atomic mass is 79.9. The highest BCUT2D eigenvalue weighted by Crippen LogP contribution is 2.39. The fourth-order valence-corrected chi connectivity index (χ4v) is 2.43. The molecule has 1 aromatic heterocycles. The third-order valence-corrected chi connectivity index (χ3v) is 3.71. The average Bonchev–Trinajstić information content (AvgIpc) is 3.24. The predicted octanol–water partition coefficient (Wildman–Crippen LogP) is 4.39. The van der Waals surface area contributed by atoms with Crippen molar-refractivity contribution in [2.24, 2.45) is 0 Å². The third kappa shape index (κ3) is 2.92. The lowest BCUT2D eigenvalue weighted by Gasteiger charge is -2.09. The maximum Gasteiger partial charge on any atom is 0.135 e. The van der Waals surface area contributed by atoms with Crippen molar-refractivity contribution in [2.45, 2.75) is 18.8 Å². The van der Waals surface area contributed by atoms with Crippen LogP contribution < -0.4 is 5.32 Å². The van der Waals surface area contributed by atoms with Crippen molar-refractivity contribution in [1.29, 1.82) is 5.26 Å². The van der Waals surface area contributed by atoms with E-state index in [1.54, 1.807) is 12.1 Å². The molecule has 3 rings (SSSR count). The molecule has 1 heterocycles. The highest BCUT2D eigenvalue weighted by molar-refractivity contribution is 9.10. The lowest BCUT2D eigenvalue weighted by atomic mass is 10.2. The predicted molar refractivity (Wildman–Crippen MR) is 81.2 cm³/mol. The van der Waals surface area contributed by atoms with Crippen molar-refractivity contribution >= 4 is 39.0 Å². The minimum Gasteiger partial charge on any atom is -0.339 e. The summed E-state index contributed by atoms with van der Waals surface area (Å²) < 4.78 is 0.860. The molecule has 1 N–H and O–H groups in total. The van der Waals surface area contributed by atoms with Gasteiger partial charge in [0.1, 0.15) is 22.9 Å². The van der Waals surface area contributed by atoms with E-state index in [9.17, 15) is 0 Å². The van der Waals surface area contributed by atoms with E-state index in [4.69, 9.17) is 16.9 Å². The van der Waals surface area contributed by atoms with Crippen molar-refractivity contribution in [3.63, 3.8) is 0 Å². The van der Waals surface area contributed by atoms with Crippen molar-refractivity contribution in [3.05, 3.63) is 45.3 Å². The van der Waals surface area contributed by atoms with Crippen molar-refractivity contribution < 1.29 is 0 Å². The van der Waals surface area contributed by atoms with Gasteiger partial charge in [-0.1, -0.05) is 27.5 Å². The van der Waals surface area contributed by atoms with Gasteiger partial charge in [0.25, 0.3) is 0 Å². The summed E-state index contributed by atoms with van der Waals surface area (Å²) >= 11 is 9.37. The van der Waals surface area contributed by atoms with Gasteiger partial charge in [-0.25, -0.2) is 9.97 Å². The second-order valence-corrected chi connectivity index (χ2v) is 5.94. The quantitative estimate of drug-likeness (QED) is 0.835. The second-order valence-electron chi connectivity index (χ2n) is 4.64. The smallest absolute Gasteiger partial charge is 0.135 e. The molecule has 0 aliphatic heterocycles. The number of anilines is 2. The zero-order valence-corrected chi connectivity index (χ0v) is 12.7. The van der Waals surface area contributed by atoms with Gasteiger partial charge in [0.15, 0.2) is 0 Å². The normalized spacial score (nSPS) is 13.8. The number of nitrogens with one attached hydrogen (secondary N) is 1. The van der Waals surface area contributed by atoms with Crippen LogP contribution in [0, 0.1) is 11.3 Å². The second kappa shape index (κ2) is 5.39. The van der Waals surface area contributed by atoms with E-state index in [1.807, 2.05) is 12.1 Å². The summed E-state index contributed by atoms with van der Waals surface area (Å²) in [5.41, 5.74) is 1.24. The molecule has 20 heavy (non-hydrogen) atoms. The minimum atomic E-state index is 0.417. The van der Waals surface area contributed by atoms with Crippen LogP contribution >= 0.6 is 27.5 Å². The van der Waals surface area contributed by atoms with Gasteiger partial charge in [-0.3, -0.25) is 0 Å². The van der Waals surface area contributed by atoms with Crippen LogP contribution in [-0.2, 0) is 0 Å². The fourth-order valence-electron chi connectivity index (χ4n) is 1.88. The third-order valence-electron chi connectivity index (χ3n) is 3.02. The first-order chi connectivity index (χ1) is 9.65. The van der Waals surface area contributed by atoms with Crippen LogP contribution in [0.15, 0.2) is 28.7 Å². The van der Waals surface area contributed by atoms with Gasteiger partial charge < -0.3 is 5.32 Å². The standard InChI is InChI=1S/C14H10BrClN4/c15-10-3-4-11(9(5-10)7-17)18-13-6-12(16)19-14(20-13)8-1-2-8/h3-6,8H,1-2H2,(H,18,19,20). The number of hydrogen-bond acceptors (Lipinski definition) is 4. The molecule has 0 saturated heterocycles. The zero-order chi connectivity index (χ0) is 14.1. The summed E-state index contributed by atoms with van der Waals surface area (Å²) in [6, 6.07) is 9.27. The van der Waals surface area contributed by atoms with Gasteiger partial charge >= 0.3 is 0 Å². The number of nitriles is 1.